The molecular weight excluding hydrogens is 390 g/mol. The molecule has 152 valence electrons. The van der Waals surface area contributed by atoms with Crippen molar-refractivity contribution in [2.45, 2.75) is 32.9 Å². The topological polar surface area (TPSA) is 90.3 Å². The fraction of sp³-hybridized carbons (Fsp3) is 0.333. The van der Waals surface area contributed by atoms with E-state index < -0.39 is 17.9 Å². The largest absolute Gasteiger partial charge is 0.467 e. The van der Waals surface area contributed by atoms with E-state index in [1.165, 1.54) is 29.3 Å². The molecule has 2 aromatic heterocycles. The van der Waals surface area contributed by atoms with Crippen LogP contribution in [-0.2, 0) is 20.9 Å². The molecular formula is C21H23N3O4S. The van der Waals surface area contributed by atoms with Crippen LogP contribution in [0.5, 0.6) is 0 Å². The maximum atomic E-state index is 12.8. The summed E-state index contributed by atoms with van der Waals surface area (Å²) in [6.07, 6.45) is 1.82. The normalized spacial score (nSPS) is 12.1. The van der Waals surface area contributed by atoms with E-state index >= 15 is 0 Å². The first-order valence-corrected chi connectivity index (χ1v) is 10.1. The second kappa shape index (κ2) is 9.00. The quantitative estimate of drug-likeness (QED) is 0.602. The molecule has 1 aromatic carbocycles. The van der Waals surface area contributed by atoms with Crippen LogP contribution in [0.15, 0.2) is 47.5 Å². The third-order valence-electron chi connectivity index (χ3n) is 4.42. The molecule has 0 unspecified atom stereocenters. The Balaban J connectivity index is 1.81. The van der Waals surface area contributed by atoms with E-state index in [1.807, 2.05) is 44.2 Å². The number of rotatable bonds is 7. The van der Waals surface area contributed by atoms with Crippen LogP contribution in [0.25, 0.3) is 20.7 Å². The average Bonchev–Trinajstić information content (AvgIpc) is 3.14. The molecule has 8 heteroatoms. The molecule has 0 spiro atoms. The first kappa shape index (κ1) is 20.7. The van der Waals surface area contributed by atoms with Gasteiger partial charge in [-0.25, -0.2) is 9.78 Å². The molecule has 0 fully saturated rings. The summed E-state index contributed by atoms with van der Waals surface area (Å²) in [5, 5.41) is 3.12. The van der Waals surface area contributed by atoms with E-state index in [1.54, 1.807) is 6.07 Å². The summed E-state index contributed by atoms with van der Waals surface area (Å²) in [4.78, 5) is 43.0. The number of nitrogens with zero attached hydrogens (tertiary/aromatic N) is 2. The van der Waals surface area contributed by atoms with Crippen molar-refractivity contribution in [1.29, 1.82) is 0 Å². The summed E-state index contributed by atoms with van der Waals surface area (Å²) in [5.74, 6) is -0.747. The molecule has 7 nitrogen and oxygen atoms in total. The number of carbonyl (C=O) groups is 2. The molecule has 3 rings (SSSR count). The van der Waals surface area contributed by atoms with Crippen LogP contribution in [-0.4, -0.2) is 34.6 Å². The smallest absolute Gasteiger partial charge is 0.328 e. The van der Waals surface area contributed by atoms with Crippen LogP contribution < -0.4 is 10.9 Å². The van der Waals surface area contributed by atoms with Gasteiger partial charge in [-0.15, -0.1) is 11.3 Å². The molecule has 0 aliphatic heterocycles. The number of amides is 1. The highest BCUT2D eigenvalue weighted by atomic mass is 32.1. The van der Waals surface area contributed by atoms with Gasteiger partial charge in [-0.2, -0.15) is 0 Å². The number of hydrogen-bond donors (Lipinski definition) is 1. The van der Waals surface area contributed by atoms with Crippen LogP contribution >= 0.6 is 11.3 Å². The van der Waals surface area contributed by atoms with E-state index in [4.69, 9.17) is 4.74 Å². The standard InChI is InChI=1S/C21H23N3O4S/c1-13(2)9-16(21(27)28-3)23-18(25)11-24-12-22-19-15(20(24)26)10-17(29-19)14-7-5-4-6-8-14/h4-8,10,12-13,16H,9,11H2,1-3H3,(H,23,25)/t16-/m0/s1. The number of ether oxygens (including phenoxy) is 1. The molecule has 3 aromatic rings. The zero-order valence-electron chi connectivity index (χ0n) is 16.5. The third kappa shape index (κ3) is 4.89. The van der Waals surface area contributed by atoms with Crippen LogP contribution in [0.3, 0.4) is 0 Å². The van der Waals surface area contributed by atoms with Crippen molar-refractivity contribution in [3.05, 3.63) is 53.1 Å². The highest BCUT2D eigenvalue weighted by Gasteiger charge is 2.23. The van der Waals surface area contributed by atoms with Crippen molar-refractivity contribution >= 4 is 33.4 Å². The highest BCUT2D eigenvalue weighted by Crippen LogP contribution is 2.30. The number of benzene rings is 1. The second-order valence-electron chi connectivity index (χ2n) is 7.15. The molecule has 0 radical (unpaired) electrons. The zero-order valence-corrected chi connectivity index (χ0v) is 17.4. The lowest BCUT2D eigenvalue weighted by Crippen LogP contribution is -2.44. The van der Waals surface area contributed by atoms with Crippen LogP contribution in [0.4, 0.5) is 0 Å². The minimum atomic E-state index is -0.745. The summed E-state index contributed by atoms with van der Waals surface area (Å²) >= 11 is 1.43. The number of methoxy groups -OCH3 is 1. The zero-order chi connectivity index (χ0) is 21.0. The lowest BCUT2D eigenvalue weighted by molar-refractivity contribution is -0.145. The summed E-state index contributed by atoms with van der Waals surface area (Å²) in [6, 6.07) is 10.8. The molecule has 1 atom stereocenters. The van der Waals surface area contributed by atoms with Crippen LogP contribution in [0, 0.1) is 5.92 Å². The molecule has 0 bridgehead atoms. The van der Waals surface area contributed by atoms with Gasteiger partial charge in [0.2, 0.25) is 5.91 Å². The van der Waals surface area contributed by atoms with Gasteiger partial charge < -0.3 is 10.1 Å². The summed E-state index contributed by atoms with van der Waals surface area (Å²) in [7, 11) is 1.28. The predicted molar refractivity (Wildman–Crippen MR) is 113 cm³/mol. The van der Waals surface area contributed by atoms with Gasteiger partial charge in [0.1, 0.15) is 17.4 Å². The molecule has 1 N–H and O–H groups in total. The molecule has 0 saturated carbocycles. The Hall–Kier alpha value is -3.00. The third-order valence-corrected chi connectivity index (χ3v) is 5.51. The van der Waals surface area contributed by atoms with E-state index in [0.717, 1.165) is 10.4 Å². The number of fused-ring (bicyclic) bond motifs is 1. The Labute approximate surface area is 172 Å². The van der Waals surface area contributed by atoms with Crippen molar-refractivity contribution < 1.29 is 14.3 Å². The van der Waals surface area contributed by atoms with Gasteiger partial charge in [0.05, 0.1) is 18.8 Å². The van der Waals surface area contributed by atoms with Gasteiger partial charge in [0.15, 0.2) is 0 Å². The number of carbonyl (C=O) groups excluding carboxylic acids is 2. The molecule has 0 saturated heterocycles. The van der Waals surface area contributed by atoms with Crippen molar-refractivity contribution in [3.63, 3.8) is 0 Å². The summed E-state index contributed by atoms with van der Waals surface area (Å²) < 4.78 is 6.01. The maximum absolute atomic E-state index is 12.8. The lowest BCUT2D eigenvalue weighted by atomic mass is 10.0. The fourth-order valence-corrected chi connectivity index (χ4v) is 4.03. The highest BCUT2D eigenvalue weighted by molar-refractivity contribution is 7.21. The van der Waals surface area contributed by atoms with E-state index in [9.17, 15) is 14.4 Å². The van der Waals surface area contributed by atoms with Gasteiger partial charge >= 0.3 is 5.97 Å². The van der Waals surface area contributed by atoms with Gasteiger partial charge in [-0.3, -0.25) is 14.2 Å². The molecule has 1 amide bonds. The fourth-order valence-electron chi connectivity index (χ4n) is 3.04. The maximum Gasteiger partial charge on any atom is 0.328 e. The lowest BCUT2D eigenvalue weighted by Gasteiger charge is -2.18. The first-order valence-electron chi connectivity index (χ1n) is 9.30. The Morgan fingerprint density at radius 1 is 1.24 bits per heavy atom. The van der Waals surface area contributed by atoms with Crippen molar-refractivity contribution in [2.75, 3.05) is 7.11 Å². The Morgan fingerprint density at radius 3 is 2.62 bits per heavy atom. The second-order valence-corrected chi connectivity index (χ2v) is 8.18. The molecule has 29 heavy (non-hydrogen) atoms. The van der Waals surface area contributed by atoms with Crippen LogP contribution in [0.2, 0.25) is 0 Å². The van der Waals surface area contributed by atoms with Gasteiger partial charge in [0.25, 0.3) is 5.56 Å². The molecule has 2 heterocycles. The number of thiophene rings is 1. The van der Waals surface area contributed by atoms with Crippen LogP contribution in [0.1, 0.15) is 20.3 Å². The van der Waals surface area contributed by atoms with Gasteiger partial charge in [0, 0.05) is 4.88 Å². The SMILES string of the molecule is COC(=O)[C@H](CC(C)C)NC(=O)Cn1cnc2sc(-c3ccccc3)cc2c1=O. The Morgan fingerprint density at radius 2 is 1.97 bits per heavy atom. The van der Waals surface area contributed by atoms with Crippen molar-refractivity contribution in [1.82, 2.24) is 14.9 Å². The molecule has 0 aliphatic carbocycles. The van der Waals surface area contributed by atoms with E-state index in [-0.39, 0.29) is 18.0 Å². The average molecular weight is 413 g/mol. The number of aromatic nitrogens is 2. The minimum absolute atomic E-state index is 0.197. The predicted octanol–water partition coefficient (Wildman–Crippen LogP) is 2.83. The van der Waals surface area contributed by atoms with E-state index in [0.29, 0.717) is 16.6 Å². The molecule has 0 aliphatic rings. The number of nitrogens with one attached hydrogen (secondary N) is 1. The summed E-state index contributed by atoms with van der Waals surface area (Å²) in [5.41, 5.74) is 0.718. The Kier molecular flexibility index (Phi) is 6.43. The van der Waals surface area contributed by atoms with Crippen molar-refractivity contribution in [3.8, 4) is 10.4 Å². The summed E-state index contributed by atoms with van der Waals surface area (Å²) in [6.45, 7) is 3.68. The van der Waals surface area contributed by atoms with Gasteiger partial charge in [-0.05, 0) is 24.0 Å². The number of esters is 1. The first-order chi connectivity index (χ1) is 13.9. The minimum Gasteiger partial charge on any atom is -0.467 e. The van der Waals surface area contributed by atoms with Gasteiger partial charge in [-0.1, -0.05) is 44.2 Å². The van der Waals surface area contributed by atoms with Crippen molar-refractivity contribution in [2.24, 2.45) is 5.92 Å². The Bertz CT molecular complexity index is 1070. The van der Waals surface area contributed by atoms with E-state index in [2.05, 4.69) is 10.3 Å². The monoisotopic (exact) mass is 413 g/mol. The number of hydrogen-bond acceptors (Lipinski definition) is 6.